The largest absolute Gasteiger partial charge is 0.369 e. The van der Waals surface area contributed by atoms with Crippen LogP contribution in [0.3, 0.4) is 0 Å². The van der Waals surface area contributed by atoms with E-state index in [9.17, 15) is 21.6 Å². The number of anilines is 1. The van der Waals surface area contributed by atoms with Gasteiger partial charge in [0.05, 0.1) is 5.69 Å². The Kier molecular flexibility index (Phi) is 3.75. The molecule has 1 heterocycles. The zero-order chi connectivity index (χ0) is 14.2. The summed E-state index contributed by atoms with van der Waals surface area (Å²) in [6, 6.07) is 0.727. The number of hydrogen-bond donors (Lipinski definition) is 0. The number of rotatable bonds is 2. The summed E-state index contributed by atoms with van der Waals surface area (Å²) < 4.78 is 63.9. The van der Waals surface area contributed by atoms with Gasteiger partial charge in [-0.25, -0.2) is 21.6 Å². The fourth-order valence-electron chi connectivity index (χ4n) is 2.26. The van der Waals surface area contributed by atoms with Crippen LogP contribution in [0.1, 0.15) is 19.3 Å². The monoisotopic (exact) mass is 293 g/mol. The molecule has 0 aliphatic carbocycles. The molecule has 1 aliphatic heterocycles. The van der Waals surface area contributed by atoms with Gasteiger partial charge in [0.1, 0.15) is 4.90 Å². The Bertz CT molecular complexity index is 595. The molecule has 0 unspecified atom stereocenters. The van der Waals surface area contributed by atoms with Crippen molar-refractivity contribution < 1.29 is 21.6 Å². The molecule has 1 saturated heterocycles. The summed E-state index contributed by atoms with van der Waals surface area (Å²) in [5.74, 6) is -4.20. The maximum absolute atomic E-state index is 14.2. The molecule has 3 nitrogen and oxygen atoms in total. The van der Waals surface area contributed by atoms with E-state index in [2.05, 4.69) is 0 Å². The van der Waals surface area contributed by atoms with E-state index in [4.69, 9.17) is 0 Å². The maximum Gasteiger partial charge on any atom is 0.181 e. The normalized spacial score (nSPS) is 16.7. The Morgan fingerprint density at radius 2 is 1.63 bits per heavy atom. The van der Waals surface area contributed by atoms with Gasteiger partial charge in [-0.1, -0.05) is 0 Å². The van der Waals surface area contributed by atoms with Crippen LogP contribution in [0.4, 0.5) is 18.9 Å². The molecule has 0 N–H and O–H groups in total. The molecule has 19 heavy (non-hydrogen) atoms. The third-order valence-electron chi connectivity index (χ3n) is 3.16. The van der Waals surface area contributed by atoms with Crippen LogP contribution in [-0.2, 0) is 9.84 Å². The first-order chi connectivity index (χ1) is 8.82. The predicted octanol–water partition coefficient (Wildman–Crippen LogP) is 2.50. The zero-order valence-electron chi connectivity index (χ0n) is 10.4. The van der Waals surface area contributed by atoms with Crippen LogP contribution in [-0.4, -0.2) is 27.8 Å². The van der Waals surface area contributed by atoms with Crippen LogP contribution in [0.15, 0.2) is 11.0 Å². The molecule has 0 spiro atoms. The molecule has 1 fully saturated rings. The molecular formula is C12H14F3NO2S. The maximum atomic E-state index is 14.2. The Balaban J connectivity index is 2.60. The summed E-state index contributed by atoms with van der Waals surface area (Å²) in [6.45, 7) is 1.01. The Hall–Kier alpha value is -1.24. The Labute approximate surface area is 109 Å². The average Bonchev–Trinajstić information content (AvgIpc) is 2.33. The molecule has 106 valence electrons. The Morgan fingerprint density at radius 1 is 1.05 bits per heavy atom. The topological polar surface area (TPSA) is 37.4 Å². The number of benzene rings is 1. The summed E-state index contributed by atoms with van der Waals surface area (Å²) in [5.41, 5.74) is -0.181. The molecule has 0 aromatic heterocycles. The van der Waals surface area contributed by atoms with Gasteiger partial charge in [-0.05, 0) is 19.3 Å². The molecule has 1 aliphatic rings. The molecule has 0 radical (unpaired) electrons. The van der Waals surface area contributed by atoms with Gasteiger partial charge in [0.25, 0.3) is 0 Å². The SMILES string of the molecule is CS(=O)(=O)c1c(F)c(F)cc(N2CCCCC2)c1F. The minimum atomic E-state index is -4.16. The lowest BCUT2D eigenvalue weighted by molar-refractivity contribution is 0.455. The van der Waals surface area contributed by atoms with Gasteiger partial charge in [-0.3, -0.25) is 0 Å². The van der Waals surface area contributed by atoms with Gasteiger partial charge in [0, 0.05) is 25.4 Å². The van der Waals surface area contributed by atoms with Crippen molar-refractivity contribution in [2.24, 2.45) is 0 Å². The van der Waals surface area contributed by atoms with E-state index in [1.165, 1.54) is 0 Å². The smallest absolute Gasteiger partial charge is 0.181 e. The number of hydrogen-bond acceptors (Lipinski definition) is 3. The van der Waals surface area contributed by atoms with E-state index in [0.29, 0.717) is 19.3 Å². The number of piperidine rings is 1. The molecule has 0 amide bonds. The molecule has 1 aromatic carbocycles. The number of halogens is 3. The summed E-state index contributed by atoms with van der Waals surface area (Å²) in [5, 5.41) is 0. The van der Waals surface area contributed by atoms with Crippen molar-refractivity contribution in [3.8, 4) is 0 Å². The molecule has 0 bridgehead atoms. The van der Waals surface area contributed by atoms with Crippen molar-refractivity contribution in [3.05, 3.63) is 23.5 Å². The van der Waals surface area contributed by atoms with Gasteiger partial charge >= 0.3 is 0 Å². The van der Waals surface area contributed by atoms with Crippen molar-refractivity contribution >= 4 is 15.5 Å². The van der Waals surface area contributed by atoms with E-state index < -0.39 is 32.2 Å². The van der Waals surface area contributed by atoms with E-state index in [-0.39, 0.29) is 5.69 Å². The highest BCUT2D eigenvalue weighted by Crippen LogP contribution is 2.31. The zero-order valence-corrected chi connectivity index (χ0v) is 11.2. The summed E-state index contributed by atoms with van der Waals surface area (Å²) in [4.78, 5) is 0.365. The second-order valence-corrected chi connectivity index (χ2v) is 6.61. The molecule has 7 heteroatoms. The van der Waals surface area contributed by atoms with Crippen molar-refractivity contribution in [2.45, 2.75) is 24.2 Å². The van der Waals surface area contributed by atoms with Crippen molar-refractivity contribution in [3.63, 3.8) is 0 Å². The first kappa shape index (κ1) is 14.2. The van der Waals surface area contributed by atoms with Gasteiger partial charge in [-0.2, -0.15) is 0 Å². The van der Waals surface area contributed by atoms with Gasteiger partial charge in [0.15, 0.2) is 27.3 Å². The third kappa shape index (κ3) is 2.70. The standard InChI is InChI=1S/C12H14F3NO2S/c1-19(17,18)12-10(14)8(13)7-9(11(12)15)16-5-3-2-4-6-16/h7H,2-6H2,1H3. The van der Waals surface area contributed by atoms with Crippen molar-refractivity contribution in [1.29, 1.82) is 0 Å². The first-order valence-electron chi connectivity index (χ1n) is 5.95. The highest BCUT2D eigenvalue weighted by Gasteiger charge is 2.28. The van der Waals surface area contributed by atoms with Gasteiger partial charge < -0.3 is 4.90 Å². The van der Waals surface area contributed by atoms with E-state index >= 15 is 0 Å². The van der Waals surface area contributed by atoms with Crippen LogP contribution >= 0.6 is 0 Å². The third-order valence-corrected chi connectivity index (χ3v) is 4.26. The second kappa shape index (κ2) is 5.03. The van der Waals surface area contributed by atoms with E-state index in [0.717, 1.165) is 25.3 Å². The molecule has 1 aromatic rings. The van der Waals surface area contributed by atoms with Crippen molar-refractivity contribution in [2.75, 3.05) is 24.2 Å². The predicted molar refractivity (Wildman–Crippen MR) is 65.5 cm³/mol. The minimum Gasteiger partial charge on any atom is -0.369 e. The Morgan fingerprint density at radius 3 is 2.16 bits per heavy atom. The fraction of sp³-hybridized carbons (Fsp3) is 0.500. The average molecular weight is 293 g/mol. The van der Waals surface area contributed by atoms with Gasteiger partial charge in [-0.15, -0.1) is 0 Å². The molecule has 0 saturated carbocycles. The van der Waals surface area contributed by atoms with Crippen LogP contribution in [0.25, 0.3) is 0 Å². The second-order valence-electron chi connectivity index (χ2n) is 4.65. The van der Waals surface area contributed by atoms with E-state index in [1.54, 1.807) is 4.90 Å². The van der Waals surface area contributed by atoms with Crippen LogP contribution in [0.5, 0.6) is 0 Å². The lowest BCUT2D eigenvalue weighted by atomic mass is 10.1. The van der Waals surface area contributed by atoms with E-state index in [1.807, 2.05) is 0 Å². The summed E-state index contributed by atoms with van der Waals surface area (Å²) in [6.07, 6.45) is 3.27. The molecular weight excluding hydrogens is 279 g/mol. The van der Waals surface area contributed by atoms with Crippen LogP contribution in [0, 0.1) is 17.5 Å². The fourth-order valence-corrected chi connectivity index (χ4v) is 3.11. The molecule has 2 rings (SSSR count). The summed E-state index contributed by atoms with van der Waals surface area (Å²) >= 11 is 0. The molecule has 0 atom stereocenters. The highest BCUT2D eigenvalue weighted by atomic mass is 32.2. The summed E-state index contributed by atoms with van der Waals surface area (Å²) in [7, 11) is -4.16. The highest BCUT2D eigenvalue weighted by molar-refractivity contribution is 7.90. The van der Waals surface area contributed by atoms with Crippen LogP contribution in [0.2, 0.25) is 0 Å². The lowest BCUT2D eigenvalue weighted by Crippen LogP contribution is -2.31. The quantitative estimate of drug-likeness (QED) is 0.786. The van der Waals surface area contributed by atoms with Gasteiger partial charge in [0.2, 0.25) is 0 Å². The van der Waals surface area contributed by atoms with Crippen LogP contribution < -0.4 is 4.90 Å². The number of nitrogens with zero attached hydrogens (tertiary/aromatic N) is 1. The van der Waals surface area contributed by atoms with Crippen molar-refractivity contribution in [1.82, 2.24) is 0 Å². The lowest BCUT2D eigenvalue weighted by Gasteiger charge is -2.29. The number of sulfone groups is 1. The minimum absolute atomic E-state index is 0.181. The first-order valence-corrected chi connectivity index (χ1v) is 7.84.